The highest BCUT2D eigenvalue weighted by atomic mass is 35.5. The molecule has 0 amide bonds. The van der Waals surface area contributed by atoms with Crippen LogP contribution in [0.2, 0.25) is 10.0 Å². The summed E-state index contributed by atoms with van der Waals surface area (Å²) in [7, 11) is 0. The lowest BCUT2D eigenvalue weighted by molar-refractivity contribution is 0.210. The van der Waals surface area contributed by atoms with E-state index in [0.29, 0.717) is 28.1 Å². The summed E-state index contributed by atoms with van der Waals surface area (Å²) in [6.07, 6.45) is 4.80. The van der Waals surface area contributed by atoms with Crippen molar-refractivity contribution < 1.29 is 4.74 Å². The smallest absolute Gasteiger partial charge is 0.142 e. The van der Waals surface area contributed by atoms with Crippen LogP contribution in [0.15, 0.2) is 12.1 Å². The van der Waals surface area contributed by atoms with E-state index >= 15 is 0 Å². The monoisotopic (exact) mass is 313 g/mol. The molecular weight excluding hydrogens is 293 g/mol. The van der Waals surface area contributed by atoms with Gasteiger partial charge in [0, 0.05) is 29.1 Å². The molecule has 1 aromatic carbocycles. The van der Waals surface area contributed by atoms with Crippen LogP contribution < -0.4 is 10.1 Å². The number of fused-ring (bicyclic) bond motifs is 1. The number of benzene rings is 1. The summed E-state index contributed by atoms with van der Waals surface area (Å²) in [6.45, 7) is 5.41. The van der Waals surface area contributed by atoms with Gasteiger partial charge in [-0.2, -0.15) is 0 Å². The molecule has 20 heavy (non-hydrogen) atoms. The molecule has 0 aromatic heterocycles. The van der Waals surface area contributed by atoms with E-state index in [0.717, 1.165) is 17.7 Å². The van der Waals surface area contributed by atoms with Crippen LogP contribution in [-0.4, -0.2) is 12.6 Å². The summed E-state index contributed by atoms with van der Waals surface area (Å²) in [5.41, 5.74) is 1.47. The molecule has 1 fully saturated rings. The van der Waals surface area contributed by atoms with Crippen molar-refractivity contribution in [2.75, 3.05) is 6.61 Å². The molecule has 2 nitrogen and oxygen atoms in total. The van der Waals surface area contributed by atoms with Crippen LogP contribution in [0.1, 0.15) is 51.1 Å². The van der Waals surface area contributed by atoms with Gasteiger partial charge in [-0.3, -0.25) is 0 Å². The molecule has 110 valence electrons. The first kappa shape index (κ1) is 14.5. The quantitative estimate of drug-likeness (QED) is 0.831. The van der Waals surface area contributed by atoms with Crippen LogP contribution in [-0.2, 0) is 0 Å². The highest BCUT2D eigenvalue weighted by molar-refractivity contribution is 6.35. The lowest BCUT2D eigenvalue weighted by atomic mass is 9.86. The molecule has 3 rings (SSSR count). The minimum Gasteiger partial charge on any atom is -0.492 e. The van der Waals surface area contributed by atoms with Crippen molar-refractivity contribution in [1.29, 1.82) is 0 Å². The molecule has 2 aliphatic rings. The number of ether oxygens (including phenoxy) is 1. The number of hydrogen-bond acceptors (Lipinski definition) is 2. The average molecular weight is 314 g/mol. The van der Waals surface area contributed by atoms with Crippen molar-refractivity contribution in [2.24, 2.45) is 5.41 Å². The van der Waals surface area contributed by atoms with E-state index in [-0.39, 0.29) is 6.04 Å². The van der Waals surface area contributed by atoms with Gasteiger partial charge in [-0.25, -0.2) is 0 Å². The highest BCUT2D eigenvalue weighted by Gasteiger charge is 2.37. The summed E-state index contributed by atoms with van der Waals surface area (Å²) >= 11 is 12.4. The van der Waals surface area contributed by atoms with Gasteiger partial charge in [-0.1, -0.05) is 43.5 Å². The SMILES string of the molecule is CC1(C)CCCC1NC1CCOc2c(Cl)cc(Cl)cc21. The Morgan fingerprint density at radius 3 is 2.75 bits per heavy atom. The molecular formula is C16H21Cl2NO. The summed E-state index contributed by atoms with van der Waals surface area (Å²) in [4.78, 5) is 0. The van der Waals surface area contributed by atoms with Gasteiger partial charge in [0.2, 0.25) is 0 Å². The lowest BCUT2D eigenvalue weighted by Crippen LogP contribution is -2.41. The minimum absolute atomic E-state index is 0.289. The van der Waals surface area contributed by atoms with Gasteiger partial charge < -0.3 is 10.1 Å². The number of hydrogen-bond donors (Lipinski definition) is 1. The number of rotatable bonds is 2. The molecule has 1 aliphatic carbocycles. The van der Waals surface area contributed by atoms with E-state index in [1.807, 2.05) is 6.07 Å². The molecule has 1 N–H and O–H groups in total. The van der Waals surface area contributed by atoms with Gasteiger partial charge in [0.15, 0.2) is 0 Å². The Kier molecular flexibility index (Phi) is 3.91. The standard InChI is InChI=1S/C16H21Cl2NO/c1-16(2)6-3-4-14(16)19-13-5-7-20-15-11(13)8-10(17)9-12(15)18/h8-9,13-14,19H,3-7H2,1-2H3. The Morgan fingerprint density at radius 1 is 1.25 bits per heavy atom. The first-order valence-corrected chi connectivity index (χ1v) is 8.11. The van der Waals surface area contributed by atoms with Crippen molar-refractivity contribution in [2.45, 2.75) is 51.6 Å². The summed E-state index contributed by atoms with van der Waals surface area (Å²) in [5.74, 6) is 0.801. The predicted octanol–water partition coefficient (Wildman–Crippen LogP) is 4.99. The summed E-state index contributed by atoms with van der Waals surface area (Å²) in [5, 5.41) is 5.11. The highest BCUT2D eigenvalue weighted by Crippen LogP contribution is 2.43. The lowest BCUT2D eigenvalue weighted by Gasteiger charge is -2.35. The number of nitrogens with one attached hydrogen (secondary N) is 1. The maximum absolute atomic E-state index is 6.25. The average Bonchev–Trinajstić information content (AvgIpc) is 2.70. The Labute approximate surface area is 130 Å². The van der Waals surface area contributed by atoms with E-state index in [1.54, 1.807) is 6.07 Å². The van der Waals surface area contributed by atoms with Crippen molar-refractivity contribution >= 4 is 23.2 Å². The van der Waals surface area contributed by atoms with Crippen LogP contribution in [0.4, 0.5) is 0 Å². The Morgan fingerprint density at radius 2 is 2.05 bits per heavy atom. The zero-order valence-electron chi connectivity index (χ0n) is 12.0. The van der Waals surface area contributed by atoms with Gasteiger partial charge in [-0.05, 0) is 30.4 Å². The van der Waals surface area contributed by atoms with E-state index in [2.05, 4.69) is 19.2 Å². The first-order valence-electron chi connectivity index (χ1n) is 7.35. The Balaban J connectivity index is 1.87. The molecule has 1 aliphatic heterocycles. The van der Waals surface area contributed by atoms with Crippen LogP contribution in [0, 0.1) is 5.41 Å². The third kappa shape index (κ3) is 2.66. The van der Waals surface area contributed by atoms with Crippen molar-refractivity contribution in [3.8, 4) is 5.75 Å². The first-order chi connectivity index (χ1) is 9.47. The topological polar surface area (TPSA) is 21.3 Å². The molecule has 2 unspecified atom stereocenters. The second-order valence-corrected chi connectivity index (χ2v) is 7.44. The molecule has 1 saturated carbocycles. The van der Waals surface area contributed by atoms with Gasteiger partial charge >= 0.3 is 0 Å². The minimum atomic E-state index is 0.289. The molecule has 4 heteroatoms. The fourth-order valence-corrected chi connectivity index (χ4v) is 4.04. The van der Waals surface area contributed by atoms with Crippen LogP contribution in [0.25, 0.3) is 0 Å². The van der Waals surface area contributed by atoms with Crippen molar-refractivity contribution in [3.63, 3.8) is 0 Å². The zero-order valence-corrected chi connectivity index (χ0v) is 13.5. The maximum Gasteiger partial charge on any atom is 0.142 e. The van der Waals surface area contributed by atoms with E-state index in [4.69, 9.17) is 27.9 Å². The molecule has 0 saturated heterocycles. The normalized spacial score (nSPS) is 28.0. The predicted molar refractivity (Wildman–Crippen MR) is 83.9 cm³/mol. The third-order valence-corrected chi connectivity index (χ3v) is 5.22. The van der Waals surface area contributed by atoms with E-state index in [9.17, 15) is 0 Å². The molecule has 2 atom stereocenters. The molecule has 1 aromatic rings. The summed E-state index contributed by atoms with van der Waals surface area (Å²) in [6, 6.07) is 4.58. The van der Waals surface area contributed by atoms with Crippen LogP contribution >= 0.6 is 23.2 Å². The van der Waals surface area contributed by atoms with E-state index < -0.39 is 0 Å². The fraction of sp³-hybridized carbons (Fsp3) is 0.625. The van der Waals surface area contributed by atoms with Crippen molar-refractivity contribution in [3.05, 3.63) is 27.7 Å². The molecule has 0 radical (unpaired) electrons. The molecule has 0 spiro atoms. The molecule has 1 heterocycles. The van der Waals surface area contributed by atoms with Gasteiger partial charge in [-0.15, -0.1) is 0 Å². The maximum atomic E-state index is 6.25. The molecule has 0 bridgehead atoms. The van der Waals surface area contributed by atoms with Crippen LogP contribution in [0.5, 0.6) is 5.75 Å². The second-order valence-electron chi connectivity index (χ2n) is 6.60. The van der Waals surface area contributed by atoms with Gasteiger partial charge in [0.1, 0.15) is 5.75 Å². The van der Waals surface area contributed by atoms with Crippen molar-refractivity contribution in [1.82, 2.24) is 5.32 Å². The van der Waals surface area contributed by atoms with Crippen LogP contribution in [0.3, 0.4) is 0 Å². The fourth-order valence-electron chi connectivity index (χ4n) is 3.48. The largest absolute Gasteiger partial charge is 0.492 e. The Hall–Kier alpha value is -0.440. The van der Waals surface area contributed by atoms with Gasteiger partial charge in [0.25, 0.3) is 0 Å². The second kappa shape index (κ2) is 5.40. The summed E-state index contributed by atoms with van der Waals surface area (Å²) < 4.78 is 5.73. The third-order valence-electron chi connectivity index (χ3n) is 4.73. The van der Waals surface area contributed by atoms with E-state index in [1.165, 1.54) is 19.3 Å². The zero-order chi connectivity index (χ0) is 14.3. The Bertz CT molecular complexity index is 515. The number of halogens is 2. The van der Waals surface area contributed by atoms with Gasteiger partial charge in [0.05, 0.1) is 11.6 Å².